The van der Waals surface area contributed by atoms with Crippen molar-refractivity contribution in [2.45, 2.75) is 31.5 Å². The molecule has 3 unspecified atom stereocenters. The van der Waals surface area contributed by atoms with Crippen LogP contribution in [0.2, 0.25) is 0 Å². The van der Waals surface area contributed by atoms with Gasteiger partial charge in [-0.25, -0.2) is 0 Å². The molecule has 0 saturated carbocycles. The average molecular weight is 246 g/mol. The van der Waals surface area contributed by atoms with E-state index in [2.05, 4.69) is 47.5 Å². The van der Waals surface area contributed by atoms with E-state index in [9.17, 15) is 0 Å². The first kappa shape index (κ1) is 12.2. The molecule has 2 fully saturated rings. The minimum absolute atomic E-state index is 0.495. The number of piperazine rings is 1. The molecule has 1 aromatic carbocycles. The number of benzene rings is 1. The molecule has 3 heteroatoms. The summed E-state index contributed by atoms with van der Waals surface area (Å²) in [5.74, 6) is 0. The minimum atomic E-state index is 0.495. The molecule has 2 aliphatic rings. The van der Waals surface area contributed by atoms with E-state index in [0.717, 1.165) is 26.3 Å². The Morgan fingerprint density at radius 1 is 1.28 bits per heavy atom. The van der Waals surface area contributed by atoms with Gasteiger partial charge in [0.1, 0.15) is 0 Å². The van der Waals surface area contributed by atoms with Gasteiger partial charge in [0.25, 0.3) is 0 Å². The van der Waals surface area contributed by atoms with Crippen LogP contribution >= 0.6 is 0 Å². The van der Waals surface area contributed by atoms with Crippen molar-refractivity contribution in [3.8, 4) is 0 Å². The summed E-state index contributed by atoms with van der Waals surface area (Å²) in [5, 5.41) is 3.60. The quantitative estimate of drug-likeness (QED) is 0.861. The number of hydrogen-bond donors (Lipinski definition) is 1. The summed E-state index contributed by atoms with van der Waals surface area (Å²) in [6.07, 6.45) is 1.18. The van der Waals surface area contributed by atoms with Crippen LogP contribution in [0.3, 0.4) is 0 Å². The summed E-state index contributed by atoms with van der Waals surface area (Å²) in [4.78, 5) is 2.64. The maximum absolute atomic E-state index is 5.57. The first-order valence-electron chi connectivity index (χ1n) is 6.96. The van der Waals surface area contributed by atoms with Crippen LogP contribution < -0.4 is 5.32 Å². The molecule has 3 nitrogen and oxygen atoms in total. The van der Waals surface area contributed by atoms with Gasteiger partial charge in [-0.3, -0.25) is 4.90 Å². The van der Waals surface area contributed by atoms with Crippen molar-refractivity contribution in [3.63, 3.8) is 0 Å². The first-order valence-corrected chi connectivity index (χ1v) is 6.96. The highest BCUT2D eigenvalue weighted by atomic mass is 16.5. The Kier molecular flexibility index (Phi) is 3.64. The first-order chi connectivity index (χ1) is 8.84. The standard InChI is InChI=1S/C15H22N2O/c1-12-10-17(14-7-8-18-11-14)15(9-16-12)13-5-3-2-4-6-13/h2-6,12,14-16H,7-11H2,1H3. The van der Waals surface area contributed by atoms with E-state index in [0.29, 0.717) is 18.1 Å². The number of rotatable bonds is 2. The van der Waals surface area contributed by atoms with Gasteiger partial charge in [-0.2, -0.15) is 0 Å². The van der Waals surface area contributed by atoms with E-state index >= 15 is 0 Å². The highest BCUT2D eigenvalue weighted by Crippen LogP contribution is 2.28. The second kappa shape index (κ2) is 5.39. The summed E-state index contributed by atoms with van der Waals surface area (Å²) in [7, 11) is 0. The van der Waals surface area contributed by atoms with Gasteiger partial charge in [-0.05, 0) is 18.9 Å². The van der Waals surface area contributed by atoms with E-state index in [4.69, 9.17) is 4.74 Å². The van der Waals surface area contributed by atoms with Crippen molar-refractivity contribution in [1.29, 1.82) is 0 Å². The normalized spacial score (nSPS) is 33.7. The van der Waals surface area contributed by atoms with Crippen molar-refractivity contribution in [2.24, 2.45) is 0 Å². The lowest BCUT2D eigenvalue weighted by molar-refractivity contribution is 0.0729. The van der Waals surface area contributed by atoms with Crippen molar-refractivity contribution >= 4 is 0 Å². The maximum atomic E-state index is 5.57. The third kappa shape index (κ3) is 2.44. The van der Waals surface area contributed by atoms with Crippen LogP contribution in [-0.2, 0) is 4.74 Å². The molecular weight excluding hydrogens is 224 g/mol. The molecule has 2 heterocycles. The summed E-state index contributed by atoms with van der Waals surface area (Å²) in [6, 6.07) is 12.5. The van der Waals surface area contributed by atoms with E-state index in [-0.39, 0.29) is 0 Å². The fraction of sp³-hybridized carbons (Fsp3) is 0.600. The van der Waals surface area contributed by atoms with E-state index < -0.39 is 0 Å². The van der Waals surface area contributed by atoms with Crippen LogP contribution in [0.5, 0.6) is 0 Å². The lowest BCUT2D eigenvalue weighted by Gasteiger charge is -2.42. The maximum Gasteiger partial charge on any atom is 0.0622 e. The van der Waals surface area contributed by atoms with E-state index in [1.807, 2.05) is 0 Å². The fourth-order valence-corrected chi connectivity index (χ4v) is 3.11. The second-order valence-electron chi connectivity index (χ2n) is 5.45. The smallest absolute Gasteiger partial charge is 0.0622 e. The zero-order valence-electron chi connectivity index (χ0n) is 11.0. The lowest BCUT2D eigenvalue weighted by Crippen LogP contribution is -2.54. The minimum Gasteiger partial charge on any atom is -0.380 e. The average Bonchev–Trinajstić information content (AvgIpc) is 2.93. The Hall–Kier alpha value is -0.900. The zero-order valence-corrected chi connectivity index (χ0v) is 11.0. The topological polar surface area (TPSA) is 24.5 Å². The fourth-order valence-electron chi connectivity index (χ4n) is 3.11. The summed E-state index contributed by atoms with van der Waals surface area (Å²) in [5.41, 5.74) is 1.42. The monoisotopic (exact) mass is 246 g/mol. The van der Waals surface area contributed by atoms with Crippen LogP contribution in [0.1, 0.15) is 24.9 Å². The summed E-state index contributed by atoms with van der Waals surface area (Å²) >= 11 is 0. The molecule has 2 aliphatic heterocycles. The number of nitrogens with one attached hydrogen (secondary N) is 1. The predicted molar refractivity (Wildman–Crippen MR) is 72.6 cm³/mol. The number of ether oxygens (including phenoxy) is 1. The molecule has 1 aromatic rings. The highest BCUT2D eigenvalue weighted by molar-refractivity contribution is 5.20. The molecule has 98 valence electrons. The Morgan fingerprint density at radius 2 is 2.11 bits per heavy atom. The van der Waals surface area contributed by atoms with Gasteiger partial charge in [0.05, 0.1) is 6.61 Å². The van der Waals surface area contributed by atoms with Gasteiger partial charge in [0.15, 0.2) is 0 Å². The molecule has 0 spiro atoms. The molecule has 1 N–H and O–H groups in total. The predicted octanol–water partition coefficient (Wildman–Crippen LogP) is 1.81. The van der Waals surface area contributed by atoms with Crippen molar-refractivity contribution in [1.82, 2.24) is 10.2 Å². The van der Waals surface area contributed by atoms with E-state index in [1.54, 1.807) is 0 Å². The van der Waals surface area contributed by atoms with Crippen LogP contribution in [0.4, 0.5) is 0 Å². The molecule has 2 saturated heterocycles. The molecule has 3 atom stereocenters. The van der Waals surface area contributed by atoms with Crippen molar-refractivity contribution in [2.75, 3.05) is 26.3 Å². The van der Waals surface area contributed by atoms with Gasteiger partial charge in [-0.15, -0.1) is 0 Å². The molecule has 0 aromatic heterocycles. The lowest BCUT2D eigenvalue weighted by atomic mass is 9.99. The molecule has 0 amide bonds. The number of hydrogen-bond acceptors (Lipinski definition) is 3. The van der Waals surface area contributed by atoms with Gasteiger partial charge in [0, 0.05) is 37.8 Å². The number of nitrogens with zero attached hydrogens (tertiary/aromatic N) is 1. The van der Waals surface area contributed by atoms with Crippen molar-refractivity contribution in [3.05, 3.63) is 35.9 Å². The van der Waals surface area contributed by atoms with Crippen LogP contribution in [0, 0.1) is 0 Å². The van der Waals surface area contributed by atoms with Crippen LogP contribution in [0.15, 0.2) is 30.3 Å². The van der Waals surface area contributed by atoms with Gasteiger partial charge < -0.3 is 10.1 Å². The van der Waals surface area contributed by atoms with Crippen LogP contribution in [-0.4, -0.2) is 43.3 Å². The highest BCUT2D eigenvalue weighted by Gasteiger charge is 2.33. The third-order valence-electron chi connectivity index (χ3n) is 4.10. The largest absolute Gasteiger partial charge is 0.380 e. The SMILES string of the molecule is CC1CN(C2CCOC2)C(c2ccccc2)CN1. The molecular formula is C15H22N2O. The molecule has 0 bridgehead atoms. The third-order valence-corrected chi connectivity index (χ3v) is 4.10. The Morgan fingerprint density at radius 3 is 2.83 bits per heavy atom. The van der Waals surface area contributed by atoms with Gasteiger partial charge in [-0.1, -0.05) is 30.3 Å². The summed E-state index contributed by atoms with van der Waals surface area (Å²) in [6.45, 7) is 6.25. The second-order valence-corrected chi connectivity index (χ2v) is 5.45. The molecule has 3 rings (SSSR count). The van der Waals surface area contributed by atoms with Crippen molar-refractivity contribution < 1.29 is 4.74 Å². The Bertz CT molecular complexity index is 375. The molecule has 18 heavy (non-hydrogen) atoms. The zero-order chi connectivity index (χ0) is 12.4. The van der Waals surface area contributed by atoms with E-state index in [1.165, 1.54) is 12.0 Å². The Balaban J connectivity index is 1.81. The Labute approximate surface area is 109 Å². The molecule has 0 aliphatic carbocycles. The van der Waals surface area contributed by atoms with Gasteiger partial charge >= 0.3 is 0 Å². The van der Waals surface area contributed by atoms with Crippen LogP contribution in [0.25, 0.3) is 0 Å². The summed E-state index contributed by atoms with van der Waals surface area (Å²) < 4.78 is 5.57. The molecule has 0 radical (unpaired) electrons. The van der Waals surface area contributed by atoms with Gasteiger partial charge in [0.2, 0.25) is 0 Å².